The Morgan fingerprint density at radius 1 is 0.846 bits per heavy atom. The predicted molar refractivity (Wildman–Crippen MR) is 109 cm³/mol. The van der Waals surface area contributed by atoms with Crippen LogP contribution in [0.15, 0.2) is 0 Å². The normalized spacial score (nSPS) is 20.7. The van der Waals surface area contributed by atoms with Crippen LogP contribution < -0.4 is 10.6 Å². The van der Waals surface area contributed by atoms with Gasteiger partial charge in [-0.15, -0.1) is 0 Å². The highest BCUT2D eigenvalue weighted by Crippen LogP contribution is 2.14. The van der Waals surface area contributed by atoms with Crippen LogP contribution in [0.1, 0.15) is 48.0 Å². The standard InChI is InChI=1S/C20H42N4O2/c1-19(2,3)17-24-14-10-21-8-7-12-23(13-9-22-11-15-24)16-18(25)26-20(4,5)6/h21-22H,7-17H2,1-6H3. The van der Waals surface area contributed by atoms with E-state index in [1.54, 1.807) is 0 Å². The van der Waals surface area contributed by atoms with Gasteiger partial charge in [0.1, 0.15) is 5.60 Å². The minimum atomic E-state index is -0.419. The molecule has 1 heterocycles. The van der Waals surface area contributed by atoms with Crippen LogP contribution in [-0.4, -0.2) is 86.8 Å². The largest absolute Gasteiger partial charge is 0.459 e. The molecular formula is C20H42N4O2. The summed E-state index contributed by atoms with van der Waals surface area (Å²) in [5, 5.41) is 7.08. The molecule has 0 spiro atoms. The molecule has 0 bridgehead atoms. The molecule has 1 aliphatic rings. The third-order valence-electron chi connectivity index (χ3n) is 4.11. The van der Waals surface area contributed by atoms with Crippen molar-refractivity contribution in [3.8, 4) is 0 Å². The topological polar surface area (TPSA) is 56.8 Å². The Bertz CT molecular complexity index is 402. The van der Waals surface area contributed by atoms with Crippen molar-refractivity contribution in [1.29, 1.82) is 0 Å². The molecular weight excluding hydrogens is 328 g/mol. The lowest BCUT2D eigenvalue weighted by molar-refractivity contribution is -0.156. The molecule has 6 heteroatoms. The lowest BCUT2D eigenvalue weighted by atomic mass is 9.96. The smallest absolute Gasteiger partial charge is 0.320 e. The van der Waals surface area contributed by atoms with Crippen molar-refractivity contribution in [2.75, 3.05) is 65.4 Å². The summed E-state index contributed by atoms with van der Waals surface area (Å²) < 4.78 is 5.47. The van der Waals surface area contributed by atoms with Gasteiger partial charge < -0.3 is 20.3 Å². The zero-order valence-electron chi connectivity index (χ0n) is 18.0. The lowest BCUT2D eigenvalue weighted by Crippen LogP contribution is -2.42. The van der Waals surface area contributed by atoms with E-state index < -0.39 is 5.60 Å². The molecule has 6 nitrogen and oxygen atoms in total. The molecule has 0 unspecified atom stereocenters. The second kappa shape index (κ2) is 11.2. The molecule has 1 aliphatic heterocycles. The zero-order chi connectivity index (χ0) is 19.6. The Morgan fingerprint density at radius 3 is 1.92 bits per heavy atom. The number of rotatable bonds is 3. The fourth-order valence-corrected chi connectivity index (χ4v) is 3.16. The van der Waals surface area contributed by atoms with Gasteiger partial charge in [-0.1, -0.05) is 20.8 Å². The number of nitrogens with one attached hydrogen (secondary N) is 2. The highest BCUT2D eigenvalue weighted by Gasteiger charge is 2.19. The zero-order valence-corrected chi connectivity index (χ0v) is 18.0. The maximum atomic E-state index is 12.1. The van der Waals surface area contributed by atoms with Crippen LogP contribution in [0.25, 0.3) is 0 Å². The van der Waals surface area contributed by atoms with Crippen molar-refractivity contribution in [2.24, 2.45) is 5.41 Å². The molecule has 0 aromatic heterocycles. The van der Waals surface area contributed by atoms with E-state index in [4.69, 9.17) is 4.74 Å². The summed E-state index contributed by atoms with van der Waals surface area (Å²) in [6.45, 7) is 21.9. The summed E-state index contributed by atoms with van der Waals surface area (Å²) in [5.74, 6) is -0.133. The summed E-state index contributed by atoms with van der Waals surface area (Å²) in [5.41, 5.74) is -0.101. The molecule has 0 radical (unpaired) electrons. The van der Waals surface area contributed by atoms with Crippen molar-refractivity contribution >= 4 is 5.97 Å². The first-order valence-electron chi connectivity index (χ1n) is 10.1. The fraction of sp³-hybridized carbons (Fsp3) is 0.950. The molecule has 1 saturated heterocycles. The molecule has 154 valence electrons. The maximum Gasteiger partial charge on any atom is 0.320 e. The van der Waals surface area contributed by atoms with Gasteiger partial charge in [0, 0.05) is 45.8 Å². The van der Waals surface area contributed by atoms with Gasteiger partial charge >= 0.3 is 5.97 Å². The van der Waals surface area contributed by atoms with Gasteiger partial charge in [0.05, 0.1) is 6.54 Å². The van der Waals surface area contributed by atoms with Crippen LogP contribution in [0, 0.1) is 5.41 Å². The second-order valence-electron chi connectivity index (χ2n) is 9.55. The van der Waals surface area contributed by atoms with E-state index in [1.807, 2.05) is 20.8 Å². The van der Waals surface area contributed by atoms with E-state index >= 15 is 0 Å². The summed E-state index contributed by atoms with van der Waals surface area (Å²) >= 11 is 0. The highest BCUT2D eigenvalue weighted by atomic mass is 16.6. The molecule has 0 amide bonds. The average Bonchev–Trinajstić information content (AvgIpc) is 2.47. The minimum absolute atomic E-state index is 0.133. The number of nitrogens with zero attached hydrogens (tertiary/aromatic N) is 2. The van der Waals surface area contributed by atoms with Crippen LogP contribution in [0.3, 0.4) is 0 Å². The molecule has 1 rings (SSSR count). The van der Waals surface area contributed by atoms with Crippen molar-refractivity contribution < 1.29 is 9.53 Å². The molecule has 2 N–H and O–H groups in total. The van der Waals surface area contributed by atoms with Crippen LogP contribution in [0.4, 0.5) is 0 Å². The van der Waals surface area contributed by atoms with Crippen LogP contribution in [0.2, 0.25) is 0 Å². The van der Waals surface area contributed by atoms with Gasteiger partial charge in [-0.2, -0.15) is 0 Å². The van der Waals surface area contributed by atoms with Gasteiger partial charge in [0.2, 0.25) is 0 Å². The van der Waals surface area contributed by atoms with Gasteiger partial charge in [0.15, 0.2) is 0 Å². The Labute approximate surface area is 161 Å². The van der Waals surface area contributed by atoms with E-state index in [1.165, 1.54) is 0 Å². The van der Waals surface area contributed by atoms with Crippen molar-refractivity contribution in [3.05, 3.63) is 0 Å². The molecule has 1 fully saturated rings. The highest BCUT2D eigenvalue weighted by molar-refractivity contribution is 5.72. The van der Waals surface area contributed by atoms with Crippen LogP contribution in [0.5, 0.6) is 0 Å². The maximum absolute atomic E-state index is 12.1. The Kier molecular flexibility index (Phi) is 10.1. The fourth-order valence-electron chi connectivity index (χ4n) is 3.16. The van der Waals surface area contributed by atoms with Gasteiger partial charge in [-0.3, -0.25) is 9.69 Å². The summed E-state index contributed by atoms with van der Waals surface area (Å²) in [7, 11) is 0. The SMILES string of the molecule is CC(C)(C)CN1CCNCCCN(CC(=O)OC(C)(C)C)CCNCC1. The summed E-state index contributed by atoms with van der Waals surface area (Å²) in [6, 6.07) is 0. The molecule has 0 atom stereocenters. The van der Waals surface area contributed by atoms with Crippen molar-refractivity contribution in [1.82, 2.24) is 20.4 Å². The Hall–Kier alpha value is -0.690. The van der Waals surface area contributed by atoms with Gasteiger partial charge in [0.25, 0.3) is 0 Å². The first-order chi connectivity index (χ1) is 12.1. The van der Waals surface area contributed by atoms with Gasteiger partial charge in [-0.25, -0.2) is 0 Å². The Balaban J connectivity index is 2.47. The number of hydrogen-bond donors (Lipinski definition) is 2. The second-order valence-corrected chi connectivity index (χ2v) is 9.55. The first kappa shape index (κ1) is 23.3. The number of ether oxygens (including phenoxy) is 1. The first-order valence-corrected chi connectivity index (χ1v) is 10.1. The van der Waals surface area contributed by atoms with E-state index in [0.717, 1.165) is 65.3 Å². The molecule has 0 saturated carbocycles. The van der Waals surface area contributed by atoms with Crippen LogP contribution >= 0.6 is 0 Å². The monoisotopic (exact) mass is 370 g/mol. The van der Waals surface area contributed by atoms with Crippen molar-refractivity contribution in [3.63, 3.8) is 0 Å². The predicted octanol–water partition coefficient (Wildman–Crippen LogP) is 1.56. The van der Waals surface area contributed by atoms with Crippen LogP contribution in [-0.2, 0) is 9.53 Å². The van der Waals surface area contributed by atoms with E-state index in [2.05, 4.69) is 41.2 Å². The lowest BCUT2D eigenvalue weighted by Gasteiger charge is -2.30. The minimum Gasteiger partial charge on any atom is -0.459 e. The molecule has 0 aromatic rings. The molecule has 0 aromatic carbocycles. The Morgan fingerprint density at radius 2 is 1.38 bits per heavy atom. The number of hydrogen-bond acceptors (Lipinski definition) is 6. The third-order valence-corrected chi connectivity index (χ3v) is 4.11. The number of carbonyl (C=O) groups excluding carboxylic acids is 1. The third kappa shape index (κ3) is 12.6. The number of esters is 1. The van der Waals surface area contributed by atoms with E-state index in [0.29, 0.717) is 12.0 Å². The summed E-state index contributed by atoms with van der Waals surface area (Å²) in [6.07, 6.45) is 1.04. The average molecular weight is 371 g/mol. The number of carbonyl (C=O) groups is 1. The quantitative estimate of drug-likeness (QED) is 0.736. The van der Waals surface area contributed by atoms with E-state index in [9.17, 15) is 4.79 Å². The van der Waals surface area contributed by atoms with E-state index in [-0.39, 0.29) is 5.97 Å². The van der Waals surface area contributed by atoms with Crippen molar-refractivity contribution in [2.45, 2.75) is 53.6 Å². The van der Waals surface area contributed by atoms with Gasteiger partial charge in [-0.05, 0) is 45.7 Å². The molecule has 26 heavy (non-hydrogen) atoms. The summed E-state index contributed by atoms with van der Waals surface area (Å²) in [4.78, 5) is 16.9. The molecule has 0 aliphatic carbocycles.